The van der Waals surface area contributed by atoms with Crippen molar-refractivity contribution in [2.75, 3.05) is 0 Å². The zero-order valence-corrected chi connectivity index (χ0v) is 16.5. The molecule has 27 heavy (non-hydrogen) atoms. The van der Waals surface area contributed by atoms with Crippen LogP contribution in [0.3, 0.4) is 0 Å². The number of nitrogens with zero attached hydrogens (tertiary/aromatic N) is 4. The van der Waals surface area contributed by atoms with E-state index in [4.69, 9.17) is 23.2 Å². The first kappa shape index (κ1) is 17.7. The summed E-state index contributed by atoms with van der Waals surface area (Å²) in [5.74, 6) is 0. The maximum absolute atomic E-state index is 9.67. The van der Waals surface area contributed by atoms with Crippen LogP contribution in [-0.2, 0) is 0 Å². The van der Waals surface area contributed by atoms with Gasteiger partial charge < -0.3 is 0 Å². The smallest absolute Gasteiger partial charge is 0.140 e. The normalized spacial score (nSPS) is 11.7. The number of aryl methyl sites for hydroxylation is 1. The molecule has 132 valence electrons. The van der Waals surface area contributed by atoms with Gasteiger partial charge >= 0.3 is 0 Å². The van der Waals surface area contributed by atoms with E-state index in [2.05, 4.69) is 16.2 Å². The number of benzene rings is 2. The van der Waals surface area contributed by atoms with Crippen LogP contribution in [0.25, 0.3) is 27.6 Å². The van der Waals surface area contributed by atoms with Gasteiger partial charge in [-0.25, -0.2) is 9.67 Å². The van der Waals surface area contributed by atoms with E-state index in [0.717, 1.165) is 15.9 Å². The Balaban J connectivity index is 1.81. The molecule has 0 saturated carbocycles. The van der Waals surface area contributed by atoms with Gasteiger partial charge in [-0.2, -0.15) is 10.4 Å². The molecule has 0 bridgehead atoms. The predicted octanol–water partition coefficient (Wildman–Crippen LogP) is 6.16. The molecule has 0 radical (unpaired) electrons. The minimum Gasteiger partial charge on any atom is -0.235 e. The van der Waals surface area contributed by atoms with Crippen LogP contribution < -0.4 is 0 Å². The average Bonchev–Trinajstić information content (AvgIpc) is 3.21. The molecular formula is C20H12Cl2N4S. The standard InChI is InChI=1S/C20H12Cl2N4S/c1-12-16(19(22)26(25-12)15-6-4-5-14(21)10-15)9-13(11-23)20-24-17-7-2-3-8-18(17)27-20/h2-10H,1H3/b13-9+. The molecule has 0 amide bonds. The molecule has 0 fully saturated rings. The van der Waals surface area contributed by atoms with Crippen LogP contribution in [0.2, 0.25) is 10.2 Å². The molecule has 0 aliphatic carbocycles. The summed E-state index contributed by atoms with van der Waals surface area (Å²) in [5, 5.41) is 15.8. The molecule has 0 spiro atoms. The number of hydrogen-bond donors (Lipinski definition) is 0. The number of allylic oxidation sites excluding steroid dienone is 1. The van der Waals surface area contributed by atoms with Crippen LogP contribution in [0.1, 0.15) is 16.3 Å². The van der Waals surface area contributed by atoms with E-state index in [0.29, 0.717) is 32.0 Å². The van der Waals surface area contributed by atoms with Crippen molar-refractivity contribution < 1.29 is 0 Å². The fourth-order valence-electron chi connectivity index (χ4n) is 2.73. The third kappa shape index (κ3) is 3.35. The van der Waals surface area contributed by atoms with Crippen LogP contribution in [-0.4, -0.2) is 14.8 Å². The summed E-state index contributed by atoms with van der Waals surface area (Å²) in [6, 6.07) is 17.3. The molecule has 4 aromatic rings. The van der Waals surface area contributed by atoms with E-state index in [1.54, 1.807) is 22.9 Å². The summed E-state index contributed by atoms with van der Waals surface area (Å²) in [4.78, 5) is 4.56. The lowest BCUT2D eigenvalue weighted by atomic mass is 10.2. The Morgan fingerprint density at radius 1 is 1.19 bits per heavy atom. The highest BCUT2D eigenvalue weighted by molar-refractivity contribution is 7.19. The molecule has 4 nitrogen and oxygen atoms in total. The maximum Gasteiger partial charge on any atom is 0.140 e. The fraction of sp³-hybridized carbons (Fsp3) is 0.0500. The number of fused-ring (bicyclic) bond motifs is 1. The van der Waals surface area contributed by atoms with Crippen LogP contribution in [0.5, 0.6) is 0 Å². The SMILES string of the molecule is Cc1nn(-c2cccc(Cl)c2)c(Cl)c1/C=C(\C#N)c1nc2ccccc2s1. The quantitative estimate of drug-likeness (QED) is 0.379. The Labute approximate surface area is 169 Å². The molecule has 0 aliphatic rings. The number of nitriles is 1. The van der Waals surface area contributed by atoms with Gasteiger partial charge in [0.1, 0.15) is 16.2 Å². The maximum atomic E-state index is 9.67. The third-order valence-electron chi connectivity index (χ3n) is 4.03. The van der Waals surface area contributed by atoms with E-state index >= 15 is 0 Å². The molecule has 2 aromatic carbocycles. The Morgan fingerprint density at radius 2 is 2.00 bits per heavy atom. The number of thiazole rings is 1. The van der Waals surface area contributed by atoms with Gasteiger partial charge in [-0.05, 0) is 43.3 Å². The number of aromatic nitrogens is 3. The summed E-state index contributed by atoms with van der Waals surface area (Å²) in [6.45, 7) is 1.85. The van der Waals surface area contributed by atoms with Crippen LogP contribution in [0, 0.1) is 18.3 Å². The number of halogens is 2. The van der Waals surface area contributed by atoms with Crippen LogP contribution >= 0.6 is 34.5 Å². The van der Waals surface area contributed by atoms with E-state index in [9.17, 15) is 5.26 Å². The predicted molar refractivity (Wildman–Crippen MR) is 111 cm³/mol. The van der Waals surface area contributed by atoms with Gasteiger partial charge in [0.15, 0.2) is 0 Å². The van der Waals surface area contributed by atoms with E-state index in [1.807, 2.05) is 43.3 Å². The molecule has 2 heterocycles. The van der Waals surface area contributed by atoms with E-state index in [1.165, 1.54) is 11.3 Å². The number of hydrogen-bond acceptors (Lipinski definition) is 4. The third-order valence-corrected chi connectivity index (χ3v) is 5.70. The summed E-state index contributed by atoms with van der Waals surface area (Å²) in [7, 11) is 0. The van der Waals surface area contributed by atoms with Crippen molar-refractivity contribution in [1.82, 2.24) is 14.8 Å². The first-order valence-electron chi connectivity index (χ1n) is 8.05. The minimum absolute atomic E-state index is 0.420. The first-order chi connectivity index (χ1) is 13.1. The zero-order valence-electron chi connectivity index (χ0n) is 14.1. The molecular weight excluding hydrogens is 399 g/mol. The van der Waals surface area contributed by atoms with Crippen molar-refractivity contribution in [1.29, 1.82) is 5.26 Å². The number of para-hydroxylation sites is 1. The van der Waals surface area contributed by atoms with Gasteiger partial charge in [-0.15, -0.1) is 11.3 Å². The second kappa shape index (κ2) is 7.16. The van der Waals surface area contributed by atoms with Crippen LogP contribution in [0.4, 0.5) is 0 Å². The summed E-state index contributed by atoms with van der Waals surface area (Å²) in [6.07, 6.45) is 1.74. The summed E-state index contributed by atoms with van der Waals surface area (Å²) >= 11 is 14.1. The first-order valence-corrected chi connectivity index (χ1v) is 9.63. The van der Waals surface area contributed by atoms with Gasteiger partial charge in [-0.1, -0.05) is 41.4 Å². The second-order valence-corrected chi connectivity index (χ2v) is 7.66. The van der Waals surface area contributed by atoms with Crippen molar-refractivity contribution in [2.24, 2.45) is 0 Å². The topological polar surface area (TPSA) is 54.5 Å². The van der Waals surface area contributed by atoms with Gasteiger partial charge in [0.25, 0.3) is 0 Å². The average molecular weight is 411 g/mol. The van der Waals surface area contributed by atoms with Crippen molar-refractivity contribution in [3.8, 4) is 11.8 Å². The summed E-state index contributed by atoms with van der Waals surface area (Å²) in [5.41, 5.74) is 3.48. The molecule has 0 atom stereocenters. The Kier molecular flexibility index (Phi) is 4.71. The van der Waals surface area contributed by atoms with Crippen molar-refractivity contribution in [3.63, 3.8) is 0 Å². The lowest BCUT2D eigenvalue weighted by Crippen LogP contribution is -1.96. The molecule has 4 rings (SSSR count). The molecule has 0 saturated heterocycles. The Morgan fingerprint density at radius 3 is 2.74 bits per heavy atom. The lowest BCUT2D eigenvalue weighted by molar-refractivity contribution is 0.863. The largest absolute Gasteiger partial charge is 0.235 e. The minimum atomic E-state index is 0.420. The van der Waals surface area contributed by atoms with E-state index in [-0.39, 0.29) is 0 Å². The van der Waals surface area contributed by atoms with Crippen molar-refractivity contribution in [3.05, 3.63) is 75.0 Å². The van der Waals surface area contributed by atoms with Crippen molar-refractivity contribution in [2.45, 2.75) is 6.92 Å². The van der Waals surface area contributed by atoms with Gasteiger partial charge in [0.2, 0.25) is 0 Å². The monoisotopic (exact) mass is 410 g/mol. The summed E-state index contributed by atoms with van der Waals surface area (Å²) < 4.78 is 2.65. The highest BCUT2D eigenvalue weighted by atomic mass is 35.5. The van der Waals surface area contributed by atoms with Gasteiger partial charge in [0, 0.05) is 10.6 Å². The molecule has 0 aliphatic heterocycles. The second-order valence-electron chi connectivity index (χ2n) is 5.84. The highest BCUT2D eigenvalue weighted by Crippen LogP contribution is 2.31. The lowest BCUT2D eigenvalue weighted by Gasteiger charge is -2.03. The highest BCUT2D eigenvalue weighted by Gasteiger charge is 2.16. The van der Waals surface area contributed by atoms with Gasteiger partial charge in [0.05, 0.1) is 27.2 Å². The fourth-order valence-corrected chi connectivity index (χ4v) is 4.17. The number of rotatable bonds is 3. The molecule has 2 aromatic heterocycles. The zero-order chi connectivity index (χ0) is 19.0. The molecule has 0 N–H and O–H groups in total. The Bertz CT molecular complexity index is 1200. The van der Waals surface area contributed by atoms with Crippen molar-refractivity contribution >= 4 is 56.4 Å². The molecule has 0 unspecified atom stereocenters. The molecule has 7 heteroatoms. The Hall–Kier alpha value is -2.65. The van der Waals surface area contributed by atoms with Crippen LogP contribution in [0.15, 0.2) is 48.5 Å². The van der Waals surface area contributed by atoms with Gasteiger partial charge in [-0.3, -0.25) is 0 Å². The van der Waals surface area contributed by atoms with E-state index < -0.39 is 0 Å².